The highest BCUT2D eigenvalue weighted by molar-refractivity contribution is 6.27. The average Bonchev–Trinajstić information content (AvgIpc) is 2.93. The van der Waals surface area contributed by atoms with Crippen LogP contribution < -0.4 is 0 Å². The maximum absolute atomic E-state index is 9.10. The number of hydrogen-bond donors (Lipinski definition) is 2. The number of carboxylic acid groups (broad SMARTS) is 2. The van der Waals surface area contributed by atoms with Crippen LogP contribution in [0.1, 0.15) is 26.0 Å². The number of carboxylic acids is 2. The molecule has 130 valence electrons. The lowest BCUT2D eigenvalue weighted by molar-refractivity contribution is -0.159. The summed E-state index contributed by atoms with van der Waals surface area (Å²) >= 11 is 0. The zero-order valence-electron chi connectivity index (χ0n) is 14.1. The van der Waals surface area contributed by atoms with Crippen molar-refractivity contribution in [2.75, 3.05) is 26.2 Å². The third-order valence-corrected chi connectivity index (χ3v) is 4.24. The quantitative estimate of drug-likeness (QED) is 0.806. The average molecular weight is 325 g/mol. The van der Waals surface area contributed by atoms with Gasteiger partial charge in [0.25, 0.3) is 0 Å². The molecule has 0 spiro atoms. The van der Waals surface area contributed by atoms with Crippen molar-refractivity contribution < 1.29 is 19.8 Å². The Morgan fingerprint density at radius 1 is 1.17 bits per heavy atom. The summed E-state index contributed by atoms with van der Waals surface area (Å²) < 4.78 is 2.22. The number of nitrogens with zero attached hydrogens (tertiary/aromatic N) is 3. The molecule has 1 aliphatic rings. The molecule has 0 aliphatic carbocycles. The lowest BCUT2D eigenvalue weighted by Gasteiger charge is -2.37. The van der Waals surface area contributed by atoms with E-state index >= 15 is 0 Å². The molecule has 1 atom stereocenters. The normalized spacial score (nSPS) is 17.2. The van der Waals surface area contributed by atoms with E-state index in [0.29, 0.717) is 0 Å². The second-order valence-corrected chi connectivity index (χ2v) is 5.79. The molecule has 0 amide bonds. The third-order valence-electron chi connectivity index (χ3n) is 4.24. The highest BCUT2D eigenvalue weighted by Gasteiger charge is 2.20. The first-order valence-corrected chi connectivity index (χ1v) is 7.88. The topological polar surface area (TPSA) is 86.0 Å². The first-order chi connectivity index (χ1) is 10.8. The van der Waals surface area contributed by atoms with Gasteiger partial charge in [-0.25, -0.2) is 9.59 Å². The smallest absolute Gasteiger partial charge is 0.414 e. The van der Waals surface area contributed by atoms with E-state index in [9.17, 15) is 0 Å². The largest absolute Gasteiger partial charge is 0.473 e. The van der Waals surface area contributed by atoms with Gasteiger partial charge in [-0.2, -0.15) is 0 Å². The minimum Gasteiger partial charge on any atom is -0.473 e. The van der Waals surface area contributed by atoms with E-state index in [-0.39, 0.29) is 0 Å². The van der Waals surface area contributed by atoms with E-state index in [2.05, 4.69) is 53.6 Å². The molecule has 0 aromatic carbocycles. The van der Waals surface area contributed by atoms with Gasteiger partial charge in [0.05, 0.1) is 0 Å². The van der Waals surface area contributed by atoms with Gasteiger partial charge in [-0.05, 0) is 25.5 Å². The Balaban J connectivity index is 0.000000379. The fraction of sp³-hybridized carbons (Fsp3) is 0.625. The van der Waals surface area contributed by atoms with Crippen LogP contribution in [0.2, 0.25) is 0 Å². The summed E-state index contributed by atoms with van der Waals surface area (Å²) in [5, 5.41) is 14.8. The zero-order chi connectivity index (χ0) is 17.4. The monoisotopic (exact) mass is 325 g/mol. The molecule has 1 aromatic heterocycles. The molecular formula is C16H27N3O4. The second kappa shape index (κ2) is 9.32. The number of piperazine rings is 1. The van der Waals surface area contributed by atoms with E-state index in [0.717, 1.165) is 12.6 Å². The maximum atomic E-state index is 9.10. The molecular weight excluding hydrogens is 298 g/mol. The van der Waals surface area contributed by atoms with Gasteiger partial charge in [0.15, 0.2) is 0 Å². The molecule has 0 bridgehead atoms. The molecule has 2 rings (SSSR count). The summed E-state index contributed by atoms with van der Waals surface area (Å²) in [6, 6.07) is 5.10. The molecule has 7 nitrogen and oxygen atoms in total. The van der Waals surface area contributed by atoms with E-state index in [1.807, 2.05) is 0 Å². The second-order valence-electron chi connectivity index (χ2n) is 5.79. The predicted octanol–water partition coefficient (Wildman–Crippen LogP) is 1.10. The molecule has 2 heterocycles. The lowest BCUT2D eigenvalue weighted by atomic mass is 10.2. The van der Waals surface area contributed by atoms with Crippen LogP contribution in [0.3, 0.4) is 0 Å². The van der Waals surface area contributed by atoms with Crippen LogP contribution in [0.4, 0.5) is 0 Å². The Hall–Kier alpha value is -1.86. The summed E-state index contributed by atoms with van der Waals surface area (Å²) in [6.45, 7) is 10.6. The molecule has 23 heavy (non-hydrogen) atoms. The Labute approximate surface area is 137 Å². The van der Waals surface area contributed by atoms with Crippen molar-refractivity contribution in [3.63, 3.8) is 0 Å². The third kappa shape index (κ3) is 6.42. The SMILES string of the molecule is CCC(C)N1CCN(Cc2cccn2C)CC1.O=C(O)C(=O)O. The Morgan fingerprint density at radius 3 is 2.13 bits per heavy atom. The van der Waals surface area contributed by atoms with Crippen molar-refractivity contribution in [1.29, 1.82) is 0 Å². The van der Waals surface area contributed by atoms with Gasteiger partial charge in [0.1, 0.15) is 0 Å². The Bertz CT molecular complexity index is 495. The first-order valence-electron chi connectivity index (χ1n) is 7.88. The van der Waals surface area contributed by atoms with E-state index in [1.165, 1.54) is 38.3 Å². The molecule has 7 heteroatoms. The molecule has 1 saturated heterocycles. The Morgan fingerprint density at radius 2 is 1.74 bits per heavy atom. The standard InChI is InChI=1S/C14H25N3.C2H2O4/c1-4-13(2)17-10-8-16(9-11-17)12-14-6-5-7-15(14)3;3-1(4)2(5)6/h5-7,13H,4,8-12H2,1-3H3;(H,3,4)(H,5,6). The molecule has 0 saturated carbocycles. The summed E-state index contributed by atoms with van der Waals surface area (Å²) in [5.41, 5.74) is 1.42. The van der Waals surface area contributed by atoms with Crippen molar-refractivity contribution in [3.05, 3.63) is 24.0 Å². The van der Waals surface area contributed by atoms with Crippen LogP contribution in [-0.4, -0.2) is 68.7 Å². The number of aryl methyl sites for hydroxylation is 1. The van der Waals surface area contributed by atoms with Crippen LogP contribution >= 0.6 is 0 Å². The lowest BCUT2D eigenvalue weighted by Crippen LogP contribution is -2.49. The van der Waals surface area contributed by atoms with Crippen molar-refractivity contribution >= 4 is 11.9 Å². The molecule has 2 N–H and O–H groups in total. The van der Waals surface area contributed by atoms with Crippen molar-refractivity contribution in [2.45, 2.75) is 32.9 Å². The Kier molecular flexibility index (Phi) is 7.77. The van der Waals surface area contributed by atoms with Gasteiger partial charge < -0.3 is 14.8 Å². The van der Waals surface area contributed by atoms with Crippen LogP contribution in [-0.2, 0) is 23.2 Å². The summed E-state index contributed by atoms with van der Waals surface area (Å²) in [4.78, 5) is 23.4. The molecule has 0 radical (unpaired) electrons. The molecule has 1 aromatic rings. The highest BCUT2D eigenvalue weighted by Crippen LogP contribution is 2.11. The summed E-state index contributed by atoms with van der Waals surface area (Å²) in [6.07, 6.45) is 3.39. The van der Waals surface area contributed by atoms with Crippen LogP contribution in [0.25, 0.3) is 0 Å². The van der Waals surface area contributed by atoms with Gasteiger partial charge >= 0.3 is 11.9 Å². The van der Waals surface area contributed by atoms with Gasteiger partial charge in [-0.1, -0.05) is 6.92 Å². The molecule has 1 fully saturated rings. The number of carbonyl (C=O) groups is 2. The first kappa shape index (κ1) is 19.2. The molecule has 1 aliphatic heterocycles. The minimum absolute atomic E-state index is 0.743. The predicted molar refractivity (Wildman–Crippen MR) is 87.3 cm³/mol. The van der Waals surface area contributed by atoms with Gasteiger partial charge in [-0.15, -0.1) is 0 Å². The van der Waals surface area contributed by atoms with Crippen molar-refractivity contribution in [1.82, 2.24) is 14.4 Å². The fourth-order valence-electron chi connectivity index (χ4n) is 2.51. The number of aromatic nitrogens is 1. The fourth-order valence-corrected chi connectivity index (χ4v) is 2.51. The van der Waals surface area contributed by atoms with Gasteiger partial charge in [0, 0.05) is 57.7 Å². The van der Waals surface area contributed by atoms with Gasteiger partial charge in [0.2, 0.25) is 0 Å². The van der Waals surface area contributed by atoms with Crippen LogP contribution in [0.15, 0.2) is 18.3 Å². The molecule has 1 unspecified atom stereocenters. The van der Waals surface area contributed by atoms with Crippen molar-refractivity contribution in [2.24, 2.45) is 7.05 Å². The van der Waals surface area contributed by atoms with E-state index in [1.54, 1.807) is 0 Å². The minimum atomic E-state index is -1.82. The van der Waals surface area contributed by atoms with Crippen LogP contribution in [0, 0.1) is 0 Å². The number of aliphatic carboxylic acids is 2. The summed E-state index contributed by atoms with van der Waals surface area (Å²) in [5.74, 6) is -3.65. The van der Waals surface area contributed by atoms with Crippen LogP contribution in [0.5, 0.6) is 0 Å². The van der Waals surface area contributed by atoms with E-state index < -0.39 is 11.9 Å². The van der Waals surface area contributed by atoms with Gasteiger partial charge in [-0.3, -0.25) is 9.80 Å². The summed E-state index contributed by atoms with van der Waals surface area (Å²) in [7, 11) is 2.13. The van der Waals surface area contributed by atoms with E-state index in [4.69, 9.17) is 19.8 Å². The highest BCUT2D eigenvalue weighted by atomic mass is 16.4. The van der Waals surface area contributed by atoms with Crippen molar-refractivity contribution in [3.8, 4) is 0 Å². The maximum Gasteiger partial charge on any atom is 0.414 e. The number of rotatable bonds is 4. The zero-order valence-corrected chi connectivity index (χ0v) is 14.1. The number of hydrogen-bond acceptors (Lipinski definition) is 4.